The molecule has 0 aromatic heterocycles. The second-order valence-corrected chi connectivity index (χ2v) is 7.46. The van der Waals surface area contributed by atoms with Gasteiger partial charge in [0.2, 0.25) is 5.91 Å². The van der Waals surface area contributed by atoms with E-state index in [9.17, 15) is 14.4 Å². The molecule has 4 amide bonds. The van der Waals surface area contributed by atoms with E-state index in [-0.39, 0.29) is 18.4 Å². The molecule has 0 radical (unpaired) electrons. The minimum atomic E-state index is -1.00. The fourth-order valence-corrected chi connectivity index (χ4v) is 4.56. The van der Waals surface area contributed by atoms with Crippen LogP contribution in [0.5, 0.6) is 0 Å². The number of hydrogen-bond donors (Lipinski definition) is 1. The van der Waals surface area contributed by atoms with Crippen molar-refractivity contribution < 1.29 is 14.4 Å². The van der Waals surface area contributed by atoms with Crippen molar-refractivity contribution in [3.05, 3.63) is 47.2 Å². The highest BCUT2D eigenvalue weighted by atomic mass is 16.2. The molecule has 4 rings (SSSR count). The van der Waals surface area contributed by atoms with Gasteiger partial charge in [-0.15, -0.1) is 0 Å². The van der Waals surface area contributed by atoms with E-state index in [0.29, 0.717) is 13.0 Å². The molecule has 3 aliphatic rings. The summed E-state index contributed by atoms with van der Waals surface area (Å²) in [5.74, 6) is -0.503. The maximum absolute atomic E-state index is 13.2. The van der Waals surface area contributed by atoms with Crippen molar-refractivity contribution in [2.24, 2.45) is 0 Å². The molecule has 1 fully saturated rings. The van der Waals surface area contributed by atoms with Crippen LogP contribution in [0.25, 0.3) is 0 Å². The summed E-state index contributed by atoms with van der Waals surface area (Å²) < 4.78 is 0. The molecule has 142 valence electrons. The van der Waals surface area contributed by atoms with E-state index < -0.39 is 11.6 Å². The Labute approximate surface area is 159 Å². The van der Waals surface area contributed by atoms with Crippen LogP contribution < -0.4 is 5.32 Å². The second-order valence-electron chi connectivity index (χ2n) is 7.46. The number of carbonyl (C=O) groups excluding carboxylic acids is 3. The van der Waals surface area contributed by atoms with Crippen LogP contribution in [-0.2, 0) is 21.5 Å². The summed E-state index contributed by atoms with van der Waals surface area (Å²) in [5.41, 5.74) is 1.96. The number of carbonyl (C=O) groups is 3. The molecular weight excluding hydrogens is 342 g/mol. The number of likely N-dealkylation sites (N-methyl/N-ethyl adjacent to an activating group) is 1. The Morgan fingerprint density at radius 2 is 2.04 bits per heavy atom. The summed E-state index contributed by atoms with van der Waals surface area (Å²) in [6.07, 6.45) is 7.45. The van der Waals surface area contributed by atoms with E-state index in [1.807, 2.05) is 31.2 Å². The van der Waals surface area contributed by atoms with E-state index in [4.69, 9.17) is 0 Å². The lowest BCUT2D eigenvalue weighted by Crippen LogP contribution is -2.44. The Morgan fingerprint density at radius 1 is 1.22 bits per heavy atom. The first kappa shape index (κ1) is 17.8. The largest absolute Gasteiger partial charge is 0.325 e. The number of rotatable bonds is 4. The lowest BCUT2D eigenvalue weighted by Gasteiger charge is -2.28. The third kappa shape index (κ3) is 2.83. The molecular formula is C21H25N3O3. The molecule has 2 aliphatic carbocycles. The number of nitrogens with one attached hydrogen (secondary N) is 1. The van der Waals surface area contributed by atoms with E-state index >= 15 is 0 Å². The first-order chi connectivity index (χ1) is 13.1. The van der Waals surface area contributed by atoms with Crippen molar-refractivity contribution in [2.75, 3.05) is 13.1 Å². The smallest absolute Gasteiger partial charge is 0.319 e. The lowest BCUT2D eigenvalue weighted by atomic mass is 9.92. The second kappa shape index (κ2) is 6.83. The van der Waals surface area contributed by atoms with Crippen LogP contribution in [0.3, 0.4) is 0 Å². The summed E-state index contributed by atoms with van der Waals surface area (Å²) in [6.45, 7) is 2.26. The number of nitrogens with zero attached hydrogens (tertiary/aromatic N) is 2. The fraction of sp³-hybridized carbons (Fsp3) is 0.476. The number of allylic oxidation sites excluding steroid dienone is 2. The Kier molecular flexibility index (Phi) is 4.50. The van der Waals surface area contributed by atoms with Crippen LogP contribution in [0.4, 0.5) is 4.79 Å². The average molecular weight is 367 g/mol. The minimum absolute atomic E-state index is 0.197. The molecule has 0 bridgehead atoms. The van der Waals surface area contributed by atoms with E-state index in [0.717, 1.165) is 53.8 Å². The van der Waals surface area contributed by atoms with Gasteiger partial charge in [0.1, 0.15) is 12.1 Å². The van der Waals surface area contributed by atoms with Crippen molar-refractivity contribution in [3.8, 4) is 0 Å². The van der Waals surface area contributed by atoms with Gasteiger partial charge in [0.15, 0.2) is 0 Å². The van der Waals surface area contributed by atoms with Gasteiger partial charge in [0.05, 0.1) is 0 Å². The Morgan fingerprint density at radius 3 is 2.78 bits per heavy atom. The summed E-state index contributed by atoms with van der Waals surface area (Å²) >= 11 is 0. The van der Waals surface area contributed by atoms with Crippen LogP contribution >= 0.6 is 0 Å². The van der Waals surface area contributed by atoms with Crippen LogP contribution in [0, 0.1) is 0 Å². The maximum atomic E-state index is 13.2. The monoisotopic (exact) mass is 367 g/mol. The number of urea groups is 1. The Balaban J connectivity index is 1.55. The zero-order chi connectivity index (χ0) is 19.0. The van der Waals surface area contributed by atoms with Gasteiger partial charge >= 0.3 is 6.03 Å². The zero-order valence-electron chi connectivity index (χ0n) is 15.7. The molecule has 6 nitrogen and oxygen atoms in total. The summed E-state index contributed by atoms with van der Waals surface area (Å²) in [5, 5.41) is 2.88. The highest BCUT2D eigenvalue weighted by Gasteiger charge is 2.55. The van der Waals surface area contributed by atoms with E-state index in [2.05, 4.69) is 11.4 Å². The zero-order valence-corrected chi connectivity index (χ0v) is 15.7. The van der Waals surface area contributed by atoms with Gasteiger partial charge in [-0.3, -0.25) is 14.5 Å². The third-order valence-electron chi connectivity index (χ3n) is 5.95. The highest BCUT2D eigenvalue weighted by molar-refractivity contribution is 6.10. The maximum Gasteiger partial charge on any atom is 0.325 e. The minimum Gasteiger partial charge on any atom is -0.319 e. The van der Waals surface area contributed by atoms with Crippen molar-refractivity contribution in [3.63, 3.8) is 0 Å². The van der Waals surface area contributed by atoms with Crippen LogP contribution in [-0.4, -0.2) is 40.7 Å². The number of amides is 4. The number of aryl methyl sites for hydroxylation is 1. The standard InChI is InChI=1S/C21H25N3O3/c1-2-23(16-9-4-3-5-10-16)18(25)14-24-19(26)21(22-20(24)27)13-12-15-8-6-7-11-17(15)21/h6-9,11H,2-5,10,12-14H2,1H3,(H,22,27)/t21-/m0/s1. The van der Waals surface area contributed by atoms with Crippen molar-refractivity contribution in [2.45, 2.75) is 51.0 Å². The molecule has 1 heterocycles. The molecule has 1 aromatic carbocycles. The quantitative estimate of drug-likeness (QED) is 0.832. The Hall–Kier alpha value is -2.63. The topological polar surface area (TPSA) is 69.7 Å². The van der Waals surface area contributed by atoms with Gasteiger partial charge in [0, 0.05) is 12.2 Å². The predicted molar refractivity (Wildman–Crippen MR) is 101 cm³/mol. The van der Waals surface area contributed by atoms with Gasteiger partial charge in [-0.05, 0) is 56.6 Å². The van der Waals surface area contributed by atoms with Crippen LogP contribution in [0.1, 0.15) is 50.2 Å². The molecule has 1 saturated heterocycles. The first-order valence-electron chi connectivity index (χ1n) is 9.78. The molecule has 0 unspecified atom stereocenters. The summed E-state index contributed by atoms with van der Waals surface area (Å²) in [7, 11) is 0. The Bertz CT molecular complexity index is 832. The SMILES string of the molecule is CCN(C(=O)CN1C(=O)N[C@]2(CCc3ccccc32)C1=O)C1=CCCCC1. The molecule has 1 aromatic rings. The van der Waals surface area contributed by atoms with Crippen molar-refractivity contribution in [1.82, 2.24) is 15.1 Å². The molecule has 0 saturated carbocycles. The summed E-state index contributed by atoms with van der Waals surface area (Å²) in [6, 6.07) is 7.24. The molecule has 1 atom stereocenters. The first-order valence-corrected chi connectivity index (χ1v) is 9.78. The molecule has 1 N–H and O–H groups in total. The van der Waals surface area contributed by atoms with Crippen LogP contribution in [0.2, 0.25) is 0 Å². The normalized spacial score (nSPS) is 24.0. The number of hydrogen-bond acceptors (Lipinski definition) is 3. The number of fused-ring (bicyclic) bond motifs is 2. The van der Waals surface area contributed by atoms with E-state index in [1.165, 1.54) is 0 Å². The molecule has 6 heteroatoms. The van der Waals surface area contributed by atoms with Gasteiger partial charge < -0.3 is 10.2 Å². The third-order valence-corrected chi connectivity index (χ3v) is 5.95. The fourth-order valence-electron chi connectivity index (χ4n) is 4.56. The average Bonchev–Trinajstić information content (AvgIpc) is 3.17. The lowest BCUT2D eigenvalue weighted by molar-refractivity contribution is -0.138. The predicted octanol–water partition coefficient (Wildman–Crippen LogP) is 2.69. The van der Waals surface area contributed by atoms with Gasteiger partial charge in [-0.1, -0.05) is 30.3 Å². The van der Waals surface area contributed by atoms with Crippen LogP contribution in [0.15, 0.2) is 36.0 Å². The highest BCUT2D eigenvalue weighted by Crippen LogP contribution is 2.41. The summed E-state index contributed by atoms with van der Waals surface area (Å²) in [4.78, 5) is 41.5. The van der Waals surface area contributed by atoms with Gasteiger partial charge in [-0.2, -0.15) is 0 Å². The molecule has 1 aliphatic heterocycles. The molecule has 1 spiro atoms. The van der Waals surface area contributed by atoms with E-state index in [1.54, 1.807) is 4.90 Å². The van der Waals surface area contributed by atoms with Crippen molar-refractivity contribution in [1.29, 1.82) is 0 Å². The number of benzene rings is 1. The molecule has 27 heavy (non-hydrogen) atoms. The van der Waals surface area contributed by atoms with Gasteiger partial charge in [0.25, 0.3) is 5.91 Å². The van der Waals surface area contributed by atoms with Gasteiger partial charge in [-0.25, -0.2) is 4.79 Å². The number of imide groups is 1. The van der Waals surface area contributed by atoms with Crippen molar-refractivity contribution >= 4 is 17.8 Å².